The van der Waals surface area contributed by atoms with E-state index in [4.69, 9.17) is 8.83 Å². The van der Waals surface area contributed by atoms with Gasteiger partial charge in [0.15, 0.2) is 0 Å². The molecule has 0 bridgehead atoms. The highest BCUT2D eigenvalue weighted by Gasteiger charge is 2.14. The van der Waals surface area contributed by atoms with Gasteiger partial charge in [-0.05, 0) is 29.0 Å². The van der Waals surface area contributed by atoms with E-state index in [2.05, 4.69) is 10.6 Å². The zero-order valence-corrected chi connectivity index (χ0v) is 14.5. The Kier molecular flexibility index (Phi) is 4.61. The molecule has 2 aromatic heterocycles. The molecule has 0 aliphatic rings. The molecule has 4 rings (SSSR count). The maximum Gasteiger partial charge on any atom is 0.239 e. The minimum absolute atomic E-state index is 0.0872. The van der Waals surface area contributed by atoms with Crippen LogP contribution in [0.4, 0.5) is 0 Å². The van der Waals surface area contributed by atoms with E-state index in [9.17, 15) is 9.59 Å². The van der Waals surface area contributed by atoms with Crippen LogP contribution < -0.4 is 10.6 Å². The van der Waals surface area contributed by atoms with Crippen LogP contribution in [-0.4, -0.2) is 18.4 Å². The molecule has 2 amide bonds. The Labute approximate surface area is 155 Å². The summed E-state index contributed by atoms with van der Waals surface area (Å²) in [5.74, 6) is 0.146. The Morgan fingerprint density at radius 3 is 2.63 bits per heavy atom. The summed E-state index contributed by atoms with van der Waals surface area (Å²) in [5, 5.41) is 8.40. The molecule has 0 spiro atoms. The molecule has 6 nitrogen and oxygen atoms in total. The van der Waals surface area contributed by atoms with E-state index < -0.39 is 0 Å². The predicted octanol–water partition coefficient (Wildman–Crippen LogP) is 3.15. The van der Waals surface area contributed by atoms with Crippen molar-refractivity contribution in [3.63, 3.8) is 0 Å². The lowest BCUT2D eigenvalue weighted by Gasteiger charge is -2.06. The molecular weight excluding hydrogens is 344 g/mol. The van der Waals surface area contributed by atoms with Crippen LogP contribution in [0, 0.1) is 0 Å². The zero-order chi connectivity index (χ0) is 18.6. The van der Waals surface area contributed by atoms with Crippen LogP contribution in [0.1, 0.15) is 11.3 Å². The lowest BCUT2D eigenvalue weighted by molar-refractivity contribution is -0.125. The fourth-order valence-corrected chi connectivity index (χ4v) is 3.08. The second-order valence-electron chi connectivity index (χ2n) is 6.23. The van der Waals surface area contributed by atoms with Crippen molar-refractivity contribution in [3.05, 3.63) is 72.4 Å². The highest BCUT2D eigenvalue weighted by atomic mass is 16.3. The van der Waals surface area contributed by atoms with E-state index in [0.717, 1.165) is 27.3 Å². The van der Waals surface area contributed by atoms with Crippen molar-refractivity contribution < 1.29 is 18.4 Å². The summed E-state index contributed by atoms with van der Waals surface area (Å²) >= 11 is 0. The highest BCUT2D eigenvalue weighted by Crippen LogP contribution is 2.30. The molecule has 0 fully saturated rings. The number of carbonyl (C=O) groups excluding carboxylic acids is 2. The number of benzene rings is 2. The summed E-state index contributed by atoms with van der Waals surface area (Å²) in [6.07, 6.45) is 3.29. The molecule has 136 valence electrons. The smallest absolute Gasteiger partial charge is 0.239 e. The maximum absolute atomic E-state index is 12.3. The second kappa shape index (κ2) is 7.37. The standard InChI is InChI=1S/C21H18N2O4/c24-19(23-12-20(25)22-11-16-5-3-9-26-16)10-15-13-27-18-8-7-14-4-1-2-6-17(14)21(15)18/h1-9,13H,10-12H2,(H,22,25)(H,23,24). The van der Waals surface area contributed by atoms with Crippen LogP contribution in [0.2, 0.25) is 0 Å². The van der Waals surface area contributed by atoms with Crippen LogP contribution in [-0.2, 0) is 22.6 Å². The van der Waals surface area contributed by atoms with Crippen LogP contribution >= 0.6 is 0 Å². The van der Waals surface area contributed by atoms with Gasteiger partial charge in [-0.25, -0.2) is 0 Å². The lowest BCUT2D eigenvalue weighted by Crippen LogP contribution is -2.37. The molecule has 6 heteroatoms. The molecule has 27 heavy (non-hydrogen) atoms. The van der Waals surface area contributed by atoms with Crippen molar-refractivity contribution in [1.29, 1.82) is 0 Å². The largest absolute Gasteiger partial charge is 0.467 e. The normalized spacial score (nSPS) is 11.0. The second-order valence-corrected chi connectivity index (χ2v) is 6.23. The summed E-state index contributed by atoms with van der Waals surface area (Å²) < 4.78 is 10.7. The molecule has 4 aromatic rings. The van der Waals surface area contributed by atoms with Crippen molar-refractivity contribution in [1.82, 2.24) is 10.6 Å². The first-order valence-corrected chi connectivity index (χ1v) is 8.64. The van der Waals surface area contributed by atoms with Crippen LogP contribution in [0.5, 0.6) is 0 Å². The number of fused-ring (bicyclic) bond motifs is 3. The van der Waals surface area contributed by atoms with E-state index >= 15 is 0 Å². The average Bonchev–Trinajstić information content (AvgIpc) is 3.35. The summed E-state index contributed by atoms with van der Waals surface area (Å²) in [6, 6.07) is 15.4. The molecule has 0 saturated heterocycles. The van der Waals surface area contributed by atoms with Crippen molar-refractivity contribution in [2.24, 2.45) is 0 Å². The van der Waals surface area contributed by atoms with Crippen LogP contribution in [0.15, 0.2) is 69.9 Å². The molecule has 2 heterocycles. The monoisotopic (exact) mass is 362 g/mol. The zero-order valence-electron chi connectivity index (χ0n) is 14.5. The van der Waals surface area contributed by atoms with Crippen molar-refractivity contribution in [2.75, 3.05) is 6.54 Å². The molecule has 0 saturated carbocycles. The topological polar surface area (TPSA) is 84.5 Å². The first-order chi connectivity index (χ1) is 13.2. The van der Waals surface area contributed by atoms with Gasteiger partial charge < -0.3 is 19.5 Å². The van der Waals surface area contributed by atoms with Gasteiger partial charge in [-0.15, -0.1) is 0 Å². The van der Waals surface area contributed by atoms with E-state index in [0.29, 0.717) is 12.3 Å². The third-order valence-corrected chi connectivity index (χ3v) is 4.38. The van der Waals surface area contributed by atoms with Gasteiger partial charge in [0.1, 0.15) is 11.3 Å². The Balaban J connectivity index is 1.39. The van der Waals surface area contributed by atoms with Gasteiger partial charge in [-0.1, -0.05) is 30.3 Å². The van der Waals surface area contributed by atoms with Crippen molar-refractivity contribution in [2.45, 2.75) is 13.0 Å². The molecule has 0 unspecified atom stereocenters. The van der Waals surface area contributed by atoms with Crippen LogP contribution in [0.3, 0.4) is 0 Å². The Hall–Kier alpha value is -3.54. The fraction of sp³-hybridized carbons (Fsp3) is 0.143. The number of nitrogens with one attached hydrogen (secondary N) is 2. The number of amides is 2. The summed E-state index contributed by atoms with van der Waals surface area (Å²) in [4.78, 5) is 24.1. The summed E-state index contributed by atoms with van der Waals surface area (Å²) in [7, 11) is 0. The molecule has 0 radical (unpaired) electrons. The third kappa shape index (κ3) is 3.69. The molecule has 0 aliphatic carbocycles. The number of hydrogen-bond donors (Lipinski definition) is 2. The highest BCUT2D eigenvalue weighted by molar-refractivity contribution is 6.08. The number of rotatable bonds is 6. The van der Waals surface area contributed by atoms with Crippen molar-refractivity contribution in [3.8, 4) is 0 Å². The summed E-state index contributed by atoms with van der Waals surface area (Å²) in [6.45, 7) is 0.204. The molecule has 0 aliphatic heterocycles. The van der Waals surface area contributed by atoms with Crippen molar-refractivity contribution >= 4 is 33.6 Å². The molecule has 2 N–H and O–H groups in total. The first kappa shape index (κ1) is 16.9. The summed E-state index contributed by atoms with van der Waals surface area (Å²) in [5.41, 5.74) is 1.54. The Morgan fingerprint density at radius 1 is 0.889 bits per heavy atom. The van der Waals surface area contributed by atoms with Gasteiger partial charge in [0.05, 0.1) is 32.0 Å². The fourth-order valence-electron chi connectivity index (χ4n) is 3.08. The van der Waals surface area contributed by atoms with Crippen LogP contribution in [0.25, 0.3) is 21.7 Å². The number of hydrogen-bond acceptors (Lipinski definition) is 4. The first-order valence-electron chi connectivity index (χ1n) is 8.64. The Morgan fingerprint density at radius 2 is 1.78 bits per heavy atom. The Bertz CT molecular complexity index is 1100. The third-order valence-electron chi connectivity index (χ3n) is 4.38. The molecular formula is C21H18N2O4. The van der Waals surface area contributed by atoms with Gasteiger partial charge in [-0.3, -0.25) is 9.59 Å². The van der Waals surface area contributed by atoms with E-state index in [1.807, 2.05) is 36.4 Å². The van der Waals surface area contributed by atoms with Gasteiger partial charge in [0.2, 0.25) is 11.8 Å². The van der Waals surface area contributed by atoms with E-state index in [1.54, 1.807) is 24.7 Å². The molecule has 0 atom stereocenters. The number of furan rings is 2. The average molecular weight is 362 g/mol. The van der Waals surface area contributed by atoms with Gasteiger partial charge in [0, 0.05) is 10.9 Å². The van der Waals surface area contributed by atoms with Gasteiger partial charge >= 0.3 is 0 Å². The lowest BCUT2D eigenvalue weighted by atomic mass is 10.0. The van der Waals surface area contributed by atoms with Gasteiger partial charge in [-0.2, -0.15) is 0 Å². The minimum Gasteiger partial charge on any atom is -0.467 e. The van der Waals surface area contributed by atoms with E-state index in [1.165, 1.54) is 0 Å². The number of carbonyl (C=O) groups is 2. The minimum atomic E-state index is -0.276. The SMILES string of the molecule is O=C(CNC(=O)Cc1coc2ccc3ccccc3c12)NCc1ccco1. The quantitative estimate of drug-likeness (QED) is 0.552. The van der Waals surface area contributed by atoms with Gasteiger partial charge in [0.25, 0.3) is 0 Å². The molecule has 2 aromatic carbocycles. The maximum atomic E-state index is 12.3. The predicted molar refractivity (Wildman–Crippen MR) is 101 cm³/mol. The van der Waals surface area contributed by atoms with E-state index in [-0.39, 0.29) is 24.8 Å².